The first-order chi connectivity index (χ1) is 14.0. The van der Waals surface area contributed by atoms with Gasteiger partial charge in [0.1, 0.15) is 17.2 Å². The highest BCUT2D eigenvalue weighted by molar-refractivity contribution is 6.08. The molecule has 29 heavy (non-hydrogen) atoms. The monoisotopic (exact) mass is 393 g/mol. The minimum absolute atomic E-state index is 0.0462. The Morgan fingerprint density at radius 1 is 1.24 bits per heavy atom. The zero-order valence-electron chi connectivity index (χ0n) is 16.5. The van der Waals surface area contributed by atoms with E-state index in [0.717, 1.165) is 30.5 Å². The van der Waals surface area contributed by atoms with Crippen LogP contribution in [0.5, 0.6) is 0 Å². The fourth-order valence-electron chi connectivity index (χ4n) is 3.00. The number of hydrogen-bond donors (Lipinski definition) is 2. The summed E-state index contributed by atoms with van der Waals surface area (Å²) >= 11 is 0. The van der Waals surface area contributed by atoms with E-state index in [0.29, 0.717) is 22.5 Å². The second-order valence-corrected chi connectivity index (χ2v) is 6.86. The van der Waals surface area contributed by atoms with Crippen molar-refractivity contribution in [1.82, 2.24) is 14.5 Å². The Labute approximate surface area is 169 Å². The minimum atomic E-state index is -0.132. The summed E-state index contributed by atoms with van der Waals surface area (Å²) in [7, 11) is 1.84. The van der Waals surface area contributed by atoms with Gasteiger partial charge in [-0.2, -0.15) is 0 Å². The van der Waals surface area contributed by atoms with Crippen LogP contribution in [0.15, 0.2) is 48.7 Å². The Hall–Kier alpha value is -3.48. The molecule has 1 aliphatic heterocycles. The summed E-state index contributed by atoms with van der Waals surface area (Å²) in [4.78, 5) is 18.7. The molecule has 1 aromatic carbocycles. The van der Waals surface area contributed by atoms with Gasteiger partial charge in [-0.15, -0.1) is 0 Å². The maximum Gasteiger partial charge on any atom is 0.270 e. The largest absolute Gasteiger partial charge is 0.404 e. The van der Waals surface area contributed by atoms with E-state index in [1.807, 2.05) is 36.2 Å². The maximum atomic E-state index is 12.4. The van der Waals surface area contributed by atoms with Gasteiger partial charge in [0.25, 0.3) is 5.91 Å². The molecule has 6 nitrogen and oxygen atoms in total. The van der Waals surface area contributed by atoms with Gasteiger partial charge in [0.2, 0.25) is 0 Å². The number of nitrogens with one attached hydrogen (secondary N) is 1. The summed E-state index contributed by atoms with van der Waals surface area (Å²) in [6, 6.07) is 12.3. The Bertz CT molecular complexity index is 1060. The molecular formula is C22H24FN5O. The lowest BCUT2D eigenvalue weighted by Crippen LogP contribution is -2.42. The number of fused-ring (bicyclic) bond motifs is 1. The topological polar surface area (TPSA) is 88.0 Å². The second kappa shape index (κ2) is 8.68. The quantitative estimate of drug-likeness (QED) is 0.668. The number of carbonyl (C=O) groups is 1. The minimum Gasteiger partial charge on any atom is -0.404 e. The third kappa shape index (κ3) is 4.18. The molecule has 1 amide bonds. The molecule has 4 rings (SSSR count). The molecule has 0 bridgehead atoms. The van der Waals surface area contributed by atoms with E-state index in [-0.39, 0.29) is 11.7 Å². The molecule has 1 saturated heterocycles. The number of nitrogens with two attached hydrogens (primary N) is 1. The van der Waals surface area contributed by atoms with Gasteiger partial charge in [-0.3, -0.25) is 4.79 Å². The van der Waals surface area contributed by atoms with E-state index in [1.165, 1.54) is 18.5 Å². The molecule has 1 fully saturated rings. The highest BCUT2D eigenvalue weighted by atomic mass is 19.1. The summed E-state index contributed by atoms with van der Waals surface area (Å²) in [6.07, 6.45) is 3.60. The number of likely N-dealkylation sites (tertiary alicyclic amines) is 1. The number of halogens is 1. The van der Waals surface area contributed by atoms with Crippen LogP contribution in [0.4, 0.5) is 4.39 Å². The number of carbonyl (C=O) groups excluding carboxylic acids is 1. The van der Waals surface area contributed by atoms with Crippen LogP contribution in [0.2, 0.25) is 0 Å². The van der Waals surface area contributed by atoms with Crippen LogP contribution in [0.1, 0.15) is 28.2 Å². The number of aryl methyl sites for hydroxylation is 2. The van der Waals surface area contributed by atoms with E-state index in [1.54, 1.807) is 23.6 Å². The summed E-state index contributed by atoms with van der Waals surface area (Å²) < 4.78 is 14.1. The average molecular weight is 393 g/mol. The van der Waals surface area contributed by atoms with Gasteiger partial charge in [0.05, 0.1) is 5.69 Å². The van der Waals surface area contributed by atoms with Crippen LogP contribution in [0.3, 0.4) is 0 Å². The van der Waals surface area contributed by atoms with Crippen molar-refractivity contribution in [2.45, 2.75) is 13.3 Å². The molecule has 3 heterocycles. The van der Waals surface area contributed by atoms with Gasteiger partial charge in [-0.25, -0.2) is 9.37 Å². The number of aromatic nitrogens is 2. The predicted octanol–water partition coefficient (Wildman–Crippen LogP) is 3.50. The van der Waals surface area contributed by atoms with Crippen LogP contribution < -0.4 is 5.73 Å². The van der Waals surface area contributed by atoms with Crippen LogP contribution in [-0.4, -0.2) is 39.7 Å². The number of allylic oxidation sites excluding steroid dienone is 1. The van der Waals surface area contributed by atoms with Gasteiger partial charge in [-0.05, 0) is 43.2 Å². The molecule has 0 atom stereocenters. The standard InChI is InChI=1S/C15H17N5O.C7H7F/c1-19-13(15(21)20-5-2-6-20)7-10-3-4-12(18-14(10)19)11(8-16)9-17;1-6-4-2-3-5-7(6)8/h3-4,7-9,16H,2,5-6,17H2,1H3;2-5H,1H3/b11-9+,16-8?;. The smallest absolute Gasteiger partial charge is 0.270 e. The lowest BCUT2D eigenvalue weighted by atomic mass is 10.2. The average Bonchev–Trinajstić information content (AvgIpc) is 3.01. The Balaban J connectivity index is 0.000000252. The van der Waals surface area contributed by atoms with Crippen molar-refractivity contribution in [2.24, 2.45) is 12.8 Å². The molecule has 3 N–H and O–H groups in total. The SMILES string of the molecule is Cc1ccccc1F.Cn1c(C(=O)N2CCC2)cc2ccc(/C(C=N)=C/N)nc21. The lowest BCUT2D eigenvalue weighted by molar-refractivity contribution is 0.0642. The van der Waals surface area contributed by atoms with E-state index in [2.05, 4.69) is 4.98 Å². The molecular weight excluding hydrogens is 369 g/mol. The number of amides is 1. The Morgan fingerprint density at radius 3 is 2.48 bits per heavy atom. The van der Waals surface area contributed by atoms with E-state index in [4.69, 9.17) is 11.1 Å². The lowest BCUT2D eigenvalue weighted by Gasteiger charge is -2.30. The van der Waals surface area contributed by atoms with Crippen molar-refractivity contribution in [1.29, 1.82) is 5.41 Å². The zero-order chi connectivity index (χ0) is 21.0. The fourth-order valence-corrected chi connectivity index (χ4v) is 3.00. The van der Waals surface area contributed by atoms with Gasteiger partial charge in [-0.1, -0.05) is 18.2 Å². The normalized spacial score (nSPS) is 13.5. The predicted molar refractivity (Wildman–Crippen MR) is 113 cm³/mol. The summed E-state index contributed by atoms with van der Waals surface area (Å²) in [5.74, 6) is -0.0857. The fraction of sp³-hybridized carbons (Fsp3) is 0.227. The zero-order valence-corrected chi connectivity index (χ0v) is 16.5. The van der Waals surface area contributed by atoms with Gasteiger partial charge in [0.15, 0.2) is 0 Å². The van der Waals surface area contributed by atoms with E-state index in [9.17, 15) is 9.18 Å². The van der Waals surface area contributed by atoms with Crippen molar-refractivity contribution < 1.29 is 9.18 Å². The van der Waals surface area contributed by atoms with Crippen LogP contribution in [0.25, 0.3) is 16.6 Å². The number of pyridine rings is 1. The number of rotatable bonds is 3. The molecule has 3 aromatic rings. The van der Waals surface area contributed by atoms with Crippen LogP contribution >= 0.6 is 0 Å². The van der Waals surface area contributed by atoms with E-state index < -0.39 is 0 Å². The Morgan fingerprint density at radius 2 is 1.97 bits per heavy atom. The third-order valence-corrected chi connectivity index (χ3v) is 4.95. The summed E-state index contributed by atoms with van der Waals surface area (Å²) in [5.41, 5.74) is 8.74. The first kappa shape index (κ1) is 20.3. The van der Waals surface area contributed by atoms with Crippen molar-refractivity contribution in [3.63, 3.8) is 0 Å². The van der Waals surface area contributed by atoms with E-state index >= 15 is 0 Å². The number of hydrogen-bond acceptors (Lipinski definition) is 4. The molecule has 0 unspecified atom stereocenters. The van der Waals surface area contributed by atoms with Gasteiger partial charge in [0, 0.05) is 43.5 Å². The molecule has 0 radical (unpaired) electrons. The van der Waals surface area contributed by atoms with Crippen molar-refractivity contribution in [3.8, 4) is 0 Å². The highest BCUT2D eigenvalue weighted by Gasteiger charge is 2.24. The second-order valence-electron chi connectivity index (χ2n) is 6.86. The number of benzene rings is 1. The highest BCUT2D eigenvalue weighted by Crippen LogP contribution is 2.22. The first-order valence-electron chi connectivity index (χ1n) is 9.36. The van der Waals surface area contributed by atoms with Crippen molar-refractivity contribution >= 4 is 28.7 Å². The molecule has 7 heteroatoms. The Kier molecular flexibility index (Phi) is 6.07. The molecule has 0 spiro atoms. The molecule has 1 aliphatic rings. The molecule has 2 aromatic heterocycles. The van der Waals surface area contributed by atoms with Gasteiger partial charge < -0.3 is 20.6 Å². The van der Waals surface area contributed by atoms with Crippen LogP contribution in [-0.2, 0) is 7.05 Å². The van der Waals surface area contributed by atoms with Crippen LogP contribution in [0, 0.1) is 18.2 Å². The van der Waals surface area contributed by atoms with Crippen molar-refractivity contribution in [2.75, 3.05) is 13.1 Å². The number of nitrogens with zero attached hydrogens (tertiary/aromatic N) is 3. The first-order valence-corrected chi connectivity index (χ1v) is 9.36. The summed E-state index contributed by atoms with van der Waals surface area (Å²) in [5, 5.41) is 8.25. The van der Waals surface area contributed by atoms with Gasteiger partial charge >= 0.3 is 0 Å². The van der Waals surface area contributed by atoms with Crippen molar-refractivity contribution in [3.05, 3.63) is 71.4 Å². The molecule has 0 saturated carbocycles. The third-order valence-electron chi connectivity index (χ3n) is 4.95. The summed E-state index contributed by atoms with van der Waals surface area (Å²) in [6.45, 7) is 3.40. The molecule has 0 aliphatic carbocycles. The molecule has 150 valence electrons. The maximum absolute atomic E-state index is 12.4.